The van der Waals surface area contributed by atoms with Gasteiger partial charge in [0, 0.05) is 47.9 Å². The fraction of sp³-hybridized carbons (Fsp3) is 0.182. The standard InChI is InChI=1S/C22H20N4O/c27-22-18-10-12-26(13-16-7-4-8-19-17(16)9-11-23-19)14-20(18)24-21(25-22)15-5-2-1-3-6-15/h1-9,11,23H,10,12-14H2,(H,24,25,27). The van der Waals surface area contributed by atoms with Crippen molar-refractivity contribution in [3.05, 3.63) is 88.0 Å². The highest BCUT2D eigenvalue weighted by molar-refractivity contribution is 5.82. The van der Waals surface area contributed by atoms with E-state index in [0.29, 0.717) is 12.4 Å². The minimum Gasteiger partial charge on any atom is -0.361 e. The summed E-state index contributed by atoms with van der Waals surface area (Å²) in [5.41, 5.74) is 5.10. The number of nitrogens with zero attached hydrogens (tertiary/aromatic N) is 2. The fourth-order valence-electron chi connectivity index (χ4n) is 3.89. The highest BCUT2D eigenvalue weighted by Crippen LogP contribution is 2.23. The predicted octanol–water partition coefficient (Wildman–Crippen LogP) is 3.48. The first kappa shape index (κ1) is 16.0. The van der Waals surface area contributed by atoms with Gasteiger partial charge in [-0.15, -0.1) is 0 Å². The van der Waals surface area contributed by atoms with Crippen LogP contribution in [0.4, 0.5) is 0 Å². The summed E-state index contributed by atoms with van der Waals surface area (Å²) in [5.74, 6) is 0.647. The van der Waals surface area contributed by atoms with E-state index in [1.807, 2.05) is 36.5 Å². The van der Waals surface area contributed by atoms with Crippen molar-refractivity contribution < 1.29 is 0 Å². The van der Waals surface area contributed by atoms with E-state index < -0.39 is 0 Å². The van der Waals surface area contributed by atoms with E-state index in [4.69, 9.17) is 4.98 Å². The molecular weight excluding hydrogens is 336 g/mol. The molecule has 0 bridgehead atoms. The van der Waals surface area contributed by atoms with E-state index >= 15 is 0 Å². The average molecular weight is 356 g/mol. The third-order valence-corrected chi connectivity index (χ3v) is 5.28. The smallest absolute Gasteiger partial charge is 0.254 e. The molecule has 4 aromatic rings. The van der Waals surface area contributed by atoms with Crippen molar-refractivity contribution in [2.45, 2.75) is 19.5 Å². The summed E-state index contributed by atoms with van der Waals surface area (Å²) in [7, 11) is 0. The van der Waals surface area contributed by atoms with Crippen LogP contribution in [0.25, 0.3) is 22.3 Å². The number of rotatable bonds is 3. The first-order valence-electron chi connectivity index (χ1n) is 9.23. The van der Waals surface area contributed by atoms with Gasteiger partial charge in [-0.05, 0) is 24.1 Å². The summed E-state index contributed by atoms with van der Waals surface area (Å²) >= 11 is 0. The number of benzene rings is 2. The molecular formula is C22H20N4O. The van der Waals surface area contributed by atoms with Crippen LogP contribution in [-0.4, -0.2) is 26.4 Å². The highest BCUT2D eigenvalue weighted by atomic mass is 16.1. The molecule has 27 heavy (non-hydrogen) atoms. The SMILES string of the molecule is O=c1[nH]c(-c2ccccc2)nc2c1CCN(Cc1cccc3[nH]ccc13)C2. The van der Waals surface area contributed by atoms with Crippen molar-refractivity contribution >= 4 is 10.9 Å². The van der Waals surface area contributed by atoms with Crippen LogP contribution >= 0.6 is 0 Å². The summed E-state index contributed by atoms with van der Waals surface area (Å²) in [5, 5.41) is 1.26. The topological polar surface area (TPSA) is 64.8 Å². The molecule has 0 fully saturated rings. The summed E-state index contributed by atoms with van der Waals surface area (Å²) in [4.78, 5) is 25.9. The lowest BCUT2D eigenvalue weighted by Gasteiger charge is -2.28. The lowest BCUT2D eigenvalue weighted by Crippen LogP contribution is -2.35. The zero-order chi connectivity index (χ0) is 18.2. The molecule has 5 heteroatoms. The maximum Gasteiger partial charge on any atom is 0.254 e. The van der Waals surface area contributed by atoms with Gasteiger partial charge < -0.3 is 9.97 Å². The minimum atomic E-state index is -0.00811. The molecule has 134 valence electrons. The maximum atomic E-state index is 12.5. The molecule has 2 N–H and O–H groups in total. The number of aromatic amines is 2. The van der Waals surface area contributed by atoms with Gasteiger partial charge in [-0.2, -0.15) is 0 Å². The van der Waals surface area contributed by atoms with Gasteiger partial charge in [-0.1, -0.05) is 42.5 Å². The number of H-pyrrole nitrogens is 2. The highest BCUT2D eigenvalue weighted by Gasteiger charge is 2.22. The Balaban J connectivity index is 1.46. The zero-order valence-electron chi connectivity index (χ0n) is 14.9. The van der Waals surface area contributed by atoms with Crippen LogP contribution in [0.3, 0.4) is 0 Å². The molecule has 2 aromatic carbocycles. The molecule has 1 aliphatic rings. The van der Waals surface area contributed by atoms with Gasteiger partial charge in [0.2, 0.25) is 0 Å². The van der Waals surface area contributed by atoms with Crippen molar-refractivity contribution in [3.8, 4) is 11.4 Å². The molecule has 1 aliphatic heterocycles. The Hall–Kier alpha value is -3.18. The molecule has 0 amide bonds. The minimum absolute atomic E-state index is 0.00811. The molecule has 3 heterocycles. The Morgan fingerprint density at radius 2 is 1.93 bits per heavy atom. The van der Waals surface area contributed by atoms with Gasteiger partial charge in [-0.25, -0.2) is 4.98 Å². The van der Waals surface area contributed by atoms with Crippen molar-refractivity contribution in [3.63, 3.8) is 0 Å². The zero-order valence-corrected chi connectivity index (χ0v) is 14.9. The monoisotopic (exact) mass is 356 g/mol. The molecule has 0 unspecified atom stereocenters. The molecule has 0 atom stereocenters. The van der Waals surface area contributed by atoms with Gasteiger partial charge in [0.05, 0.1) is 5.69 Å². The van der Waals surface area contributed by atoms with Crippen molar-refractivity contribution in [1.82, 2.24) is 19.9 Å². The third-order valence-electron chi connectivity index (χ3n) is 5.28. The first-order valence-corrected chi connectivity index (χ1v) is 9.23. The quantitative estimate of drug-likeness (QED) is 0.591. The lowest BCUT2D eigenvalue weighted by molar-refractivity contribution is 0.241. The van der Waals surface area contributed by atoms with Crippen molar-refractivity contribution in [2.75, 3.05) is 6.54 Å². The van der Waals surface area contributed by atoms with E-state index in [2.05, 4.69) is 39.1 Å². The molecule has 0 saturated carbocycles. The van der Waals surface area contributed by atoms with Crippen molar-refractivity contribution in [1.29, 1.82) is 0 Å². The number of fused-ring (bicyclic) bond motifs is 2. The summed E-state index contributed by atoms with van der Waals surface area (Å²) in [6.45, 7) is 2.41. The average Bonchev–Trinajstić information content (AvgIpc) is 3.18. The van der Waals surface area contributed by atoms with Crippen LogP contribution in [0.1, 0.15) is 16.8 Å². The molecule has 0 saturated heterocycles. The van der Waals surface area contributed by atoms with Crippen LogP contribution < -0.4 is 5.56 Å². The van der Waals surface area contributed by atoms with E-state index in [0.717, 1.165) is 41.8 Å². The van der Waals surface area contributed by atoms with Crippen LogP contribution in [0.2, 0.25) is 0 Å². The van der Waals surface area contributed by atoms with E-state index in [9.17, 15) is 4.79 Å². The normalized spacial score (nSPS) is 14.4. The van der Waals surface area contributed by atoms with Gasteiger partial charge in [0.1, 0.15) is 5.82 Å². The van der Waals surface area contributed by atoms with Crippen LogP contribution in [0, 0.1) is 0 Å². The molecule has 0 spiro atoms. The van der Waals surface area contributed by atoms with E-state index in [-0.39, 0.29) is 5.56 Å². The Bertz CT molecular complexity index is 1160. The molecule has 0 aliphatic carbocycles. The van der Waals surface area contributed by atoms with Crippen LogP contribution in [0.5, 0.6) is 0 Å². The van der Waals surface area contributed by atoms with Crippen LogP contribution in [0.15, 0.2) is 65.6 Å². The summed E-state index contributed by atoms with van der Waals surface area (Å²) < 4.78 is 0. The van der Waals surface area contributed by atoms with Gasteiger partial charge in [0.15, 0.2) is 0 Å². The second kappa shape index (κ2) is 6.52. The predicted molar refractivity (Wildman–Crippen MR) is 106 cm³/mol. The number of nitrogens with one attached hydrogen (secondary N) is 2. The Labute approximate surface area is 156 Å². The van der Waals surface area contributed by atoms with Crippen molar-refractivity contribution in [2.24, 2.45) is 0 Å². The number of hydrogen-bond donors (Lipinski definition) is 2. The lowest BCUT2D eigenvalue weighted by atomic mass is 10.0. The van der Waals surface area contributed by atoms with Gasteiger partial charge in [0.25, 0.3) is 5.56 Å². The fourth-order valence-corrected chi connectivity index (χ4v) is 3.89. The van der Waals surface area contributed by atoms with E-state index in [1.54, 1.807) is 0 Å². The number of aromatic nitrogens is 3. The first-order chi connectivity index (χ1) is 13.3. The van der Waals surface area contributed by atoms with Gasteiger partial charge >= 0.3 is 0 Å². The second-order valence-electron chi connectivity index (χ2n) is 7.02. The Morgan fingerprint density at radius 3 is 2.81 bits per heavy atom. The van der Waals surface area contributed by atoms with E-state index in [1.165, 1.54) is 10.9 Å². The Kier molecular flexibility index (Phi) is 3.87. The maximum absolute atomic E-state index is 12.5. The van der Waals surface area contributed by atoms with Gasteiger partial charge in [-0.3, -0.25) is 9.69 Å². The largest absolute Gasteiger partial charge is 0.361 e. The van der Waals surface area contributed by atoms with Crippen LogP contribution in [-0.2, 0) is 19.5 Å². The second-order valence-corrected chi connectivity index (χ2v) is 7.02. The Morgan fingerprint density at radius 1 is 1.04 bits per heavy atom. The molecule has 5 nitrogen and oxygen atoms in total. The summed E-state index contributed by atoms with van der Waals surface area (Å²) in [6, 6.07) is 18.3. The molecule has 5 rings (SSSR count). The third kappa shape index (κ3) is 2.96. The number of hydrogen-bond acceptors (Lipinski definition) is 3. The summed E-state index contributed by atoms with van der Waals surface area (Å²) in [6.07, 6.45) is 2.71. The molecule has 0 radical (unpaired) electrons. The molecule has 2 aromatic heterocycles.